The van der Waals surface area contributed by atoms with E-state index < -0.39 is 8.07 Å². The van der Waals surface area contributed by atoms with Crippen LogP contribution in [0.5, 0.6) is 0 Å². The largest absolute Gasteiger partial charge is 0.382 e. The Labute approximate surface area is 151 Å². The maximum Gasteiger partial charge on any atom is 0.126 e. The van der Waals surface area contributed by atoms with Crippen LogP contribution in [-0.4, -0.2) is 34.2 Å². The van der Waals surface area contributed by atoms with Crippen LogP contribution in [0.2, 0.25) is 18.6 Å². The minimum atomic E-state index is -1.94. The third-order valence-electron chi connectivity index (χ3n) is 5.45. The van der Waals surface area contributed by atoms with Crippen molar-refractivity contribution in [3.63, 3.8) is 0 Å². The number of methoxy groups -OCH3 is 1. The lowest BCUT2D eigenvalue weighted by Gasteiger charge is -2.35. The highest BCUT2D eigenvalue weighted by molar-refractivity contribution is 6.91. The third kappa shape index (κ3) is 3.47. The predicted molar refractivity (Wildman–Crippen MR) is 103 cm³/mol. The summed E-state index contributed by atoms with van der Waals surface area (Å²) in [4.78, 5) is 12.1. The summed E-state index contributed by atoms with van der Waals surface area (Å²) >= 11 is 0. The van der Waals surface area contributed by atoms with Crippen LogP contribution in [0, 0.1) is 5.92 Å². The highest BCUT2D eigenvalue weighted by Crippen LogP contribution is 2.49. The highest BCUT2D eigenvalue weighted by atomic mass is 28.3. The molecule has 3 nitrogen and oxygen atoms in total. The first-order valence-electron chi connectivity index (χ1n) is 8.79. The van der Waals surface area contributed by atoms with E-state index in [-0.39, 0.29) is 23.7 Å². The molecule has 132 valence electrons. The number of benzene rings is 2. The SMILES string of the molecule is COC[C@@H]1O[C@H](c2ccccc2)[C@H](C=O)[C@H]1[Si](C)(C)c1ccccc1. The molecule has 1 saturated heterocycles. The molecule has 2 aromatic carbocycles. The van der Waals surface area contributed by atoms with Crippen molar-refractivity contribution in [3.05, 3.63) is 66.2 Å². The fourth-order valence-corrected chi connectivity index (χ4v) is 7.97. The van der Waals surface area contributed by atoms with Crippen LogP contribution < -0.4 is 5.19 Å². The normalized spacial score (nSPS) is 26.5. The molecular formula is C21H26O3Si. The van der Waals surface area contributed by atoms with Gasteiger partial charge in [-0.05, 0) is 11.1 Å². The second-order valence-electron chi connectivity index (χ2n) is 7.29. The number of hydrogen-bond acceptors (Lipinski definition) is 3. The number of ether oxygens (including phenoxy) is 2. The molecule has 1 aliphatic rings. The van der Waals surface area contributed by atoms with Crippen LogP contribution in [-0.2, 0) is 14.3 Å². The molecule has 0 unspecified atom stereocenters. The fraction of sp³-hybridized carbons (Fsp3) is 0.381. The fourth-order valence-electron chi connectivity index (χ4n) is 4.21. The Morgan fingerprint density at radius 3 is 2.20 bits per heavy atom. The van der Waals surface area contributed by atoms with Gasteiger partial charge >= 0.3 is 0 Å². The molecule has 0 radical (unpaired) electrons. The van der Waals surface area contributed by atoms with Crippen molar-refractivity contribution in [1.29, 1.82) is 0 Å². The molecule has 0 bridgehead atoms. The molecule has 1 heterocycles. The van der Waals surface area contributed by atoms with Crippen LogP contribution in [0.3, 0.4) is 0 Å². The van der Waals surface area contributed by atoms with Crippen molar-refractivity contribution in [2.24, 2.45) is 5.92 Å². The number of rotatable bonds is 6. The monoisotopic (exact) mass is 354 g/mol. The van der Waals surface area contributed by atoms with E-state index in [4.69, 9.17) is 9.47 Å². The van der Waals surface area contributed by atoms with Gasteiger partial charge in [0.15, 0.2) is 0 Å². The van der Waals surface area contributed by atoms with Crippen molar-refractivity contribution in [1.82, 2.24) is 0 Å². The van der Waals surface area contributed by atoms with Gasteiger partial charge in [-0.2, -0.15) is 0 Å². The lowest BCUT2D eigenvalue weighted by molar-refractivity contribution is -0.112. The Bertz CT molecular complexity index is 687. The van der Waals surface area contributed by atoms with Crippen LogP contribution in [0.4, 0.5) is 0 Å². The molecule has 0 spiro atoms. The Morgan fingerprint density at radius 2 is 1.64 bits per heavy atom. The molecule has 0 N–H and O–H groups in total. The third-order valence-corrected chi connectivity index (χ3v) is 9.70. The molecule has 25 heavy (non-hydrogen) atoms. The van der Waals surface area contributed by atoms with Crippen molar-refractivity contribution < 1.29 is 14.3 Å². The summed E-state index contributed by atoms with van der Waals surface area (Å²) in [7, 11) is -0.244. The first-order valence-corrected chi connectivity index (χ1v) is 11.9. The second kappa shape index (κ2) is 7.64. The maximum atomic E-state index is 12.1. The molecule has 1 fully saturated rings. The molecule has 4 atom stereocenters. The number of hydrogen-bond donors (Lipinski definition) is 0. The summed E-state index contributed by atoms with van der Waals surface area (Å²) in [6, 6.07) is 20.6. The van der Waals surface area contributed by atoms with Gasteiger partial charge in [0.2, 0.25) is 0 Å². The van der Waals surface area contributed by atoms with E-state index in [2.05, 4.69) is 37.4 Å². The van der Waals surface area contributed by atoms with E-state index >= 15 is 0 Å². The van der Waals surface area contributed by atoms with Gasteiger partial charge in [-0.3, -0.25) is 0 Å². The van der Waals surface area contributed by atoms with E-state index in [9.17, 15) is 4.79 Å². The van der Waals surface area contributed by atoms with Crippen molar-refractivity contribution in [2.75, 3.05) is 13.7 Å². The summed E-state index contributed by atoms with van der Waals surface area (Å²) in [5, 5.41) is 1.35. The van der Waals surface area contributed by atoms with E-state index in [0.29, 0.717) is 6.61 Å². The molecular weight excluding hydrogens is 328 g/mol. The standard InChI is InChI=1S/C21H26O3Si/c1-23-15-19-21(25(2,3)17-12-8-5-9-13-17)18(14-22)20(24-19)16-10-6-4-7-11-16/h4-14,18-21H,15H2,1-3H3/t18-,19-,20+,21+/m0/s1. The average Bonchev–Trinajstić information content (AvgIpc) is 3.02. The smallest absolute Gasteiger partial charge is 0.126 e. The summed E-state index contributed by atoms with van der Waals surface area (Å²) < 4.78 is 11.8. The van der Waals surface area contributed by atoms with Crippen molar-refractivity contribution >= 4 is 19.5 Å². The molecule has 4 heteroatoms. The summed E-state index contributed by atoms with van der Waals surface area (Å²) in [5.41, 5.74) is 1.25. The van der Waals surface area contributed by atoms with Gasteiger partial charge in [0, 0.05) is 13.0 Å². The Morgan fingerprint density at radius 1 is 1.04 bits per heavy atom. The van der Waals surface area contributed by atoms with Gasteiger partial charge in [-0.15, -0.1) is 0 Å². The first-order chi connectivity index (χ1) is 12.1. The Balaban J connectivity index is 2.01. The maximum absolute atomic E-state index is 12.1. The molecule has 0 aliphatic carbocycles. The van der Waals surface area contributed by atoms with E-state index in [1.165, 1.54) is 5.19 Å². The van der Waals surface area contributed by atoms with Crippen LogP contribution >= 0.6 is 0 Å². The minimum Gasteiger partial charge on any atom is -0.382 e. The molecule has 0 amide bonds. The summed E-state index contributed by atoms with van der Waals surface area (Å²) in [6.07, 6.45) is 0.849. The van der Waals surface area contributed by atoms with Gasteiger partial charge in [-0.1, -0.05) is 78.9 Å². The van der Waals surface area contributed by atoms with Crippen LogP contribution in [0.15, 0.2) is 60.7 Å². The number of carbonyl (C=O) groups is 1. The molecule has 2 aromatic rings. The Kier molecular flexibility index (Phi) is 5.52. The summed E-state index contributed by atoms with van der Waals surface area (Å²) in [6.45, 7) is 5.19. The second-order valence-corrected chi connectivity index (χ2v) is 12.0. The van der Waals surface area contributed by atoms with Gasteiger partial charge < -0.3 is 14.3 Å². The Hall–Kier alpha value is -1.75. The molecule has 1 aliphatic heterocycles. The van der Waals surface area contributed by atoms with Crippen molar-refractivity contribution in [3.8, 4) is 0 Å². The zero-order valence-electron chi connectivity index (χ0n) is 15.1. The lowest BCUT2D eigenvalue weighted by Crippen LogP contribution is -2.51. The molecule has 0 aromatic heterocycles. The van der Waals surface area contributed by atoms with Gasteiger partial charge in [-0.25, -0.2) is 0 Å². The van der Waals surface area contributed by atoms with Crippen molar-refractivity contribution in [2.45, 2.75) is 30.8 Å². The zero-order chi connectivity index (χ0) is 17.9. The van der Waals surface area contributed by atoms with Crippen LogP contribution in [0.1, 0.15) is 11.7 Å². The van der Waals surface area contributed by atoms with Gasteiger partial charge in [0.1, 0.15) is 6.29 Å². The quantitative estimate of drug-likeness (QED) is 0.588. The highest BCUT2D eigenvalue weighted by Gasteiger charge is 2.52. The summed E-state index contributed by atoms with van der Waals surface area (Å²) in [5.74, 6) is -0.149. The van der Waals surface area contributed by atoms with E-state index in [1.54, 1.807) is 7.11 Å². The minimum absolute atomic E-state index is 0.0627. The lowest BCUT2D eigenvalue weighted by atomic mass is 9.95. The predicted octanol–water partition coefficient (Wildman–Crippen LogP) is 3.57. The first kappa shape index (κ1) is 18.1. The van der Waals surface area contributed by atoms with Crippen LogP contribution in [0.25, 0.3) is 0 Å². The zero-order valence-corrected chi connectivity index (χ0v) is 16.1. The van der Waals surface area contributed by atoms with E-state index in [0.717, 1.165) is 11.8 Å². The number of carbonyl (C=O) groups excluding carboxylic acids is 1. The molecule has 0 saturated carbocycles. The number of aldehydes is 1. The average molecular weight is 355 g/mol. The van der Waals surface area contributed by atoms with Gasteiger partial charge in [0.25, 0.3) is 0 Å². The van der Waals surface area contributed by atoms with Gasteiger partial charge in [0.05, 0.1) is 26.9 Å². The topological polar surface area (TPSA) is 35.5 Å². The van der Waals surface area contributed by atoms with E-state index in [1.807, 2.05) is 36.4 Å². The molecule has 3 rings (SSSR count).